The van der Waals surface area contributed by atoms with E-state index in [9.17, 15) is 43.9 Å². The molecule has 0 heterocycles. The molecule has 0 bridgehead atoms. The van der Waals surface area contributed by atoms with Gasteiger partial charge in [-0.2, -0.15) is 0 Å². The van der Waals surface area contributed by atoms with Crippen molar-refractivity contribution in [3.05, 3.63) is 319 Å². The van der Waals surface area contributed by atoms with Crippen molar-refractivity contribution in [2.45, 2.75) is 48.5 Å². The monoisotopic (exact) mass is 1120 g/mol. The van der Waals surface area contributed by atoms with E-state index in [2.05, 4.69) is 74.5 Å². The summed E-state index contributed by atoms with van der Waals surface area (Å²) in [7, 11) is 0. The zero-order valence-corrected chi connectivity index (χ0v) is 45.8. The number of aryl methyl sites for hydroxylation is 3. The fourth-order valence-corrected chi connectivity index (χ4v) is 7.11. The van der Waals surface area contributed by atoms with Crippen molar-refractivity contribution in [3.63, 3.8) is 0 Å². The third kappa shape index (κ3) is 20.4. The quantitative estimate of drug-likeness (QED) is 0.0940. The summed E-state index contributed by atoms with van der Waals surface area (Å²) >= 11 is 12.2. The first-order valence-electron chi connectivity index (χ1n) is 24.4. The van der Waals surface area contributed by atoms with Crippen molar-refractivity contribution in [1.82, 2.24) is 0 Å². The van der Waals surface area contributed by atoms with Gasteiger partial charge in [-0.05, 0) is 136 Å². The van der Waals surface area contributed by atoms with Crippen molar-refractivity contribution in [1.29, 1.82) is 0 Å². The summed E-state index contributed by atoms with van der Waals surface area (Å²) in [6, 6.07) is 65.3. The average Bonchev–Trinajstić information content (AvgIpc) is 3.46. The minimum absolute atomic E-state index is 0.0645. The molecule has 0 nitrogen and oxygen atoms in total. The van der Waals surface area contributed by atoms with E-state index in [1.807, 2.05) is 111 Å². The topological polar surface area (TPSA) is 0 Å². The van der Waals surface area contributed by atoms with E-state index >= 15 is 0 Å². The molecule has 0 atom stereocenters. The maximum atomic E-state index is 13.3. The van der Waals surface area contributed by atoms with Crippen LogP contribution in [0.15, 0.2) is 212 Å². The van der Waals surface area contributed by atoms with Gasteiger partial charge in [-0.15, -0.1) is 0 Å². The van der Waals surface area contributed by atoms with Crippen LogP contribution in [0.5, 0.6) is 0 Å². The second-order valence-corrected chi connectivity index (χ2v) is 18.4. The summed E-state index contributed by atoms with van der Waals surface area (Å²) in [5.41, 5.74) is 10.0. The van der Waals surface area contributed by atoms with Crippen LogP contribution in [0.1, 0.15) is 38.9 Å². The Labute approximate surface area is 466 Å². The standard InChI is InChI=1S/C13H10Cl2.C13H10F2.C13H12.C7H3F5.C7H6F2.C7H7F.C7H8/c2*1-9-12(14)7-11(8-13(9)15)10-5-3-2-4-6-10;1-11-7-9-13(10-8-11)12-5-3-2-4-6-12;1-2-3(8)5(10)7(12)6(11)4(2)9;1-5-6(8)3-2-4-7(5)9;1-6-2-4-7(8)5-3-6;1-7-5-3-2-4-6-7/h2*2-8H,1H3;2-10H,1H3;1H3;2-4H,1H3;2-5H,1H3;2-6H,1H3. The van der Waals surface area contributed by atoms with E-state index in [1.54, 1.807) is 12.1 Å². The van der Waals surface area contributed by atoms with Gasteiger partial charge in [-0.1, -0.05) is 204 Å². The van der Waals surface area contributed by atoms with E-state index in [-0.39, 0.29) is 16.9 Å². The summed E-state index contributed by atoms with van der Waals surface area (Å²) < 4.78 is 125. The maximum absolute atomic E-state index is 13.3. The van der Waals surface area contributed by atoms with Crippen LogP contribution in [0, 0.1) is 107 Å². The Bertz CT molecular complexity index is 3160. The van der Waals surface area contributed by atoms with Crippen molar-refractivity contribution >= 4 is 23.2 Å². The highest BCUT2D eigenvalue weighted by Crippen LogP contribution is 2.31. The normalized spacial score (nSPS) is 9.96. The van der Waals surface area contributed by atoms with Gasteiger partial charge in [0.25, 0.3) is 0 Å². The average molecular weight is 1120 g/mol. The van der Waals surface area contributed by atoms with Gasteiger partial charge in [-0.25, -0.2) is 43.9 Å². The predicted molar refractivity (Wildman–Crippen MR) is 304 cm³/mol. The van der Waals surface area contributed by atoms with Crippen molar-refractivity contribution in [2.24, 2.45) is 0 Å². The van der Waals surface area contributed by atoms with Gasteiger partial charge >= 0.3 is 0 Å². The van der Waals surface area contributed by atoms with Crippen LogP contribution in [0.3, 0.4) is 0 Å². The van der Waals surface area contributed by atoms with E-state index in [0.717, 1.165) is 34.7 Å². The Kier molecular flexibility index (Phi) is 25.8. The van der Waals surface area contributed by atoms with Gasteiger partial charge in [0.2, 0.25) is 5.82 Å². The molecule has 0 spiro atoms. The first kappa shape index (κ1) is 63.6. The second-order valence-electron chi connectivity index (χ2n) is 17.6. The van der Waals surface area contributed by atoms with Crippen LogP contribution < -0.4 is 0 Å². The van der Waals surface area contributed by atoms with Gasteiger partial charge in [0, 0.05) is 26.7 Å². The van der Waals surface area contributed by atoms with Gasteiger partial charge in [0.05, 0.1) is 0 Å². The van der Waals surface area contributed by atoms with E-state index in [4.69, 9.17) is 23.2 Å². The van der Waals surface area contributed by atoms with Crippen molar-refractivity contribution < 1.29 is 43.9 Å². The third-order valence-electron chi connectivity index (χ3n) is 11.5. The number of hydrogen-bond donors (Lipinski definition) is 0. The number of hydrogen-bond acceptors (Lipinski definition) is 0. The lowest BCUT2D eigenvalue weighted by Crippen LogP contribution is -2.03. The highest BCUT2D eigenvalue weighted by Gasteiger charge is 2.22. The molecule has 12 heteroatoms. The lowest BCUT2D eigenvalue weighted by Gasteiger charge is -2.06. The van der Waals surface area contributed by atoms with E-state index in [0.29, 0.717) is 15.6 Å². The van der Waals surface area contributed by atoms with Crippen molar-refractivity contribution in [2.75, 3.05) is 0 Å². The molecule has 10 aromatic rings. The smallest absolute Gasteiger partial charge is 0.200 e. The minimum atomic E-state index is -2.13. The van der Waals surface area contributed by atoms with Crippen LogP contribution in [-0.2, 0) is 0 Å². The minimum Gasteiger partial charge on any atom is -0.207 e. The molecule has 0 radical (unpaired) electrons. The maximum Gasteiger partial charge on any atom is 0.200 e. The summed E-state index contributed by atoms with van der Waals surface area (Å²) in [5.74, 6) is -11.7. The highest BCUT2D eigenvalue weighted by molar-refractivity contribution is 6.36. The summed E-state index contributed by atoms with van der Waals surface area (Å²) in [4.78, 5) is 0. The molecule has 79 heavy (non-hydrogen) atoms. The second kappa shape index (κ2) is 32.1. The van der Waals surface area contributed by atoms with E-state index in [1.165, 1.54) is 78.6 Å². The first-order valence-corrected chi connectivity index (χ1v) is 25.1. The number of halogens is 12. The van der Waals surface area contributed by atoms with Gasteiger partial charge in [-0.3, -0.25) is 0 Å². The van der Waals surface area contributed by atoms with Crippen LogP contribution in [0.4, 0.5) is 43.9 Å². The summed E-state index contributed by atoms with van der Waals surface area (Å²) in [6.45, 7) is 11.7. The first-order chi connectivity index (χ1) is 37.6. The van der Waals surface area contributed by atoms with Crippen molar-refractivity contribution in [3.8, 4) is 33.4 Å². The molecule has 408 valence electrons. The summed E-state index contributed by atoms with van der Waals surface area (Å²) in [5, 5.41) is 1.42. The fourth-order valence-electron chi connectivity index (χ4n) is 6.63. The lowest BCUT2D eigenvalue weighted by atomic mass is 10.0. The van der Waals surface area contributed by atoms with Crippen LogP contribution in [0.25, 0.3) is 33.4 Å². The Balaban J connectivity index is 0.000000202. The molecule has 10 rings (SSSR count). The summed E-state index contributed by atoms with van der Waals surface area (Å²) in [6.07, 6.45) is 0. The Morgan fingerprint density at radius 1 is 0.228 bits per heavy atom. The number of rotatable bonds is 3. The zero-order chi connectivity index (χ0) is 58.2. The molecule has 0 aliphatic rings. The molecule has 0 N–H and O–H groups in total. The van der Waals surface area contributed by atoms with Gasteiger partial charge in [0.15, 0.2) is 23.3 Å². The Hall–Kier alpha value is -7.92. The largest absolute Gasteiger partial charge is 0.207 e. The highest BCUT2D eigenvalue weighted by atomic mass is 35.5. The molecule has 0 saturated carbocycles. The van der Waals surface area contributed by atoms with Crippen LogP contribution in [-0.4, -0.2) is 0 Å². The molecule has 0 amide bonds. The lowest BCUT2D eigenvalue weighted by molar-refractivity contribution is 0.373. The molecule has 0 aliphatic heterocycles. The number of benzene rings is 10. The van der Waals surface area contributed by atoms with Crippen LogP contribution >= 0.6 is 23.2 Å². The van der Waals surface area contributed by atoms with E-state index < -0.39 is 57.9 Å². The predicted octanol–water partition coefficient (Wildman–Crippen LogP) is 21.7. The molecule has 0 aromatic heterocycles. The van der Waals surface area contributed by atoms with Gasteiger partial charge in [0.1, 0.15) is 29.1 Å². The third-order valence-corrected chi connectivity index (χ3v) is 12.3. The zero-order valence-electron chi connectivity index (χ0n) is 44.2. The fraction of sp³-hybridized carbons (Fsp3) is 0.104. The molecule has 0 aliphatic carbocycles. The molecular weight excluding hydrogens is 1070 g/mol. The molecule has 0 fully saturated rings. The Morgan fingerprint density at radius 2 is 0.519 bits per heavy atom. The SMILES string of the molecule is Cc1c(Cl)cc(-c2ccccc2)cc1Cl.Cc1c(F)c(F)c(F)c(F)c1F.Cc1c(F)cc(-c2ccccc2)cc1F.Cc1c(F)cccc1F.Cc1ccc(-c2ccccc2)cc1.Cc1ccc(F)cc1.Cc1ccccc1. The molecule has 0 saturated heterocycles. The van der Waals surface area contributed by atoms with Crippen LogP contribution in [0.2, 0.25) is 10.0 Å². The Morgan fingerprint density at radius 3 is 0.861 bits per heavy atom. The van der Waals surface area contributed by atoms with Gasteiger partial charge < -0.3 is 0 Å². The molecule has 10 aromatic carbocycles. The molecular formula is C67H56Cl2F10. The molecule has 0 unspecified atom stereocenters.